The standard InChI is InChI=1S/C18H19N5O2/c1-12-5-3-4-6-17(12)25-11-15-14(13-7-8-13)9-19-10-16(15)23-18(24)22(2)20-21-23/h3-6,9-10,13H,7-8,11H2,1-2H3/i3T. The monoisotopic (exact) mass is 339 g/mol. The minimum Gasteiger partial charge on any atom is -0.489 e. The van der Waals surface area contributed by atoms with Crippen molar-refractivity contribution in [3.05, 3.63) is 63.8 Å². The van der Waals surface area contributed by atoms with Gasteiger partial charge in [-0.3, -0.25) is 4.98 Å². The van der Waals surface area contributed by atoms with Crippen molar-refractivity contribution in [2.24, 2.45) is 7.05 Å². The summed E-state index contributed by atoms with van der Waals surface area (Å²) in [6, 6.07) is 5.70. The van der Waals surface area contributed by atoms with Crippen LogP contribution in [0.5, 0.6) is 5.75 Å². The number of ether oxygens (including phenoxy) is 1. The number of hydrogen-bond acceptors (Lipinski definition) is 5. The van der Waals surface area contributed by atoms with Crippen LogP contribution in [0.1, 0.15) is 36.8 Å². The zero-order valence-electron chi connectivity index (χ0n) is 15.1. The van der Waals surface area contributed by atoms with E-state index in [2.05, 4.69) is 15.4 Å². The third kappa shape index (κ3) is 2.93. The fourth-order valence-electron chi connectivity index (χ4n) is 2.85. The van der Waals surface area contributed by atoms with Gasteiger partial charge in [0.1, 0.15) is 12.4 Å². The van der Waals surface area contributed by atoms with Crippen LogP contribution in [0.4, 0.5) is 0 Å². The molecule has 128 valence electrons. The summed E-state index contributed by atoms with van der Waals surface area (Å²) < 4.78 is 16.2. The first-order chi connectivity index (χ1) is 12.5. The molecule has 1 fully saturated rings. The summed E-state index contributed by atoms with van der Waals surface area (Å²) in [6.07, 6.45) is 5.70. The van der Waals surface area contributed by atoms with E-state index in [1.165, 1.54) is 9.36 Å². The minimum atomic E-state index is -0.323. The molecule has 4 rings (SSSR count). The molecule has 1 saturated carbocycles. The van der Waals surface area contributed by atoms with E-state index in [4.69, 9.17) is 6.11 Å². The molecule has 0 unspecified atom stereocenters. The maximum Gasteiger partial charge on any atom is 0.368 e. The third-order valence-electron chi connectivity index (χ3n) is 4.43. The number of nitrogens with zero attached hydrogens (tertiary/aromatic N) is 5. The first-order valence-electron chi connectivity index (χ1n) is 8.71. The van der Waals surface area contributed by atoms with Gasteiger partial charge in [-0.25, -0.2) is 4.79 Å². The van der Waals surface area contributed by atoms with Crippen molar-refractivity contribution in [3.63, 3.8) is 0 Å². The van der Waals surface area contributed by atoms with E-state index in [1.54, 1.807) is 31.4 Å². The summed E-state index contributed by atoms with van der Waals surface area (Å²) in [5.74, 6) is 1.17. The molecular weight excluding hydrogens is 318 g/mol. The average Bonchev–Trinajstić information content (AvgIpc) is 3.41. The molecule has 0 spiro atoms. The number of rotatable bonds is 5. The number of pyridine rings is 1. The quantitative estimate of drug-likeness (QED) is 0.712. The number of tetrazole rings is 1. The Labute approximate surface area is 146 Å². The zero-order chi connectivity index (χ0) is 18.3. The van der Waals surface area contributed by atoms with E-state index in [1.807, 2.05) is 13.1 Å². The highest BCUT2D eigenvalue weighted by Crippen LogP contribution is 2.42. The van der Waals surface area contributed by atoms with Crippen molar-refractivity contribution in [1.82, 2.24) is 24.8 Å². The van der Waals surface area contributed by atoms with E-state index < -0.39 is 0 Å². The van der Waals surface area contributed by atoms with Crippen LogP contribution >= 0.6 is 0 Å². The van der Waals surface area contributed by atoms with E-state index in [9.17, 15) is 4.79 Å². The van der Waals surface area contributed by atoms with Crippen LogP contribution in [0.25, 0.3) is 5.69 Å². The Morgan fingerprint density at radius 3 is 2.84 bits per heavy atom. The van der Waals surface area contributed by atoms with Crippen molar-refractivity contribution in [1.29, 1.82) is 0 Å². The predicted molar refractivity (Wildman–Crippen MR) is 91.9 cm³/mol. The van der Waals surface area contributed by atoms with Gasteiger partial charge in [0.15, 0.2) is 0 Å². The highest BCUT2D eigenvalue weighted by Gasteiger charge is 2.29. The van der Waals surface area contributed by atoms with Crippen LogP contribution in [0.3, 0.4) is 0 Å². The number of benzene rings is 1. The molecule has 0 bridgehead atoms. The van der Waals surface area contributed by atoms with Crippen molar-refractivity contribution < 1.29 is 6.11 Å². The summed E-state index contributed by atoms with van der Waals surface area (Å²) in [7, 11) is 1.56. The second-order valence-corrected chi connectivity index (χ2v) is 6.28. The lowest BCUT2D eigenvalue weighted by molar-refractivity contribution is 0.302. The first-order valence-corrected chi connectivity index (χ1v) is 8.21. The fraction of sp³-hybridized carbons (Fsp3) is 0.333. The summed E-state index contributed by atoms with van der Waals surface area (Å²) in [4.78, 5) is 16.6. The molecule has 1 aliphatic rings. The second kappa shape index (κ2) is 6.16. The first kappa shape index (κ1) is 14.4. The predicted octanol–water partition coefficient (Wildman–Crippen LogP) is 2.13. The Kier molecular flexibility index (Phi) is 3.54. The van der Waals surface area contributed by atoms with Crippen molar-refractivity contribution in [3.8, 4) is 11.4 Å². The van der Waals surface area contributed by atoms with Crippen LogP contribution < -0.4 is 10.4 Å². The van der Waals surface area contributed by atoms with Gasteiger partial charge in [-0.2, -0.15) is 9.36 Å². The molecule has 2 heterocycles. The molecule has 0 atom stereocenters. The normalized spacial score (nSPS) is 14.4. The highest BCUT2D eigenvalue weighted by atomic mass is 16.5. The Balaban J connectivity index is 1.73. The molecule has 1 aliphatic carbocycles. The molecule has 0 N–H and O–H groups in total. The lowest BCUT2D eigenvalue weighted by Gasteiger charge is -2.15. The fourth-order valence-corrected chi connectivity index (χ4v) is 2.85. The second-order valence-electron chi connectivity index (χ2n) is 6.28. The zero-order valence-corrected chi connectivity index (χ0v) is 14.1. The smallest absolute Gasteiger partial charge is 0.368 e. The summed E-state index contributed by atoms with van der Waals surface area (Å²) in [5.41, 5.74) is 3.17. The number of para-hydroxylation sites is 1. The molecule has 3 aromatic rings. The van der Waals surface area contributed by atoms with Crippen LogP contribution in [0, 0.1) is 6.92 Å². The minimum absolute atomic E-state index is 0.297. The van der Waals surface area contributed by atoms with Crippen LogP contribution in [-0.2, 0) is 13.7 Å². The van der Waals surface area contributed by atoms with Gasteiger partial charge in [0.2, 0.25) is 0 Å². The van der Waals surface area contributed by atoms with Crippen LogP contribution in [-0.4, -0.2) is 24.8 Å². The van der Waals surface area contributed by atoms with E-state index >= 15 is 0 Å². The van der Waals surface area contributed by atoms with Crippen molar-refractivity contribution in [2.45, 2.75) is 32.3 Å². The molecular formula is C18H19N5O2. The van der Waals surface area contributed by atoms with E-state index in [0.717, 1.165) is 35.3 Å². The number of hydrogen-bond donors (Lipinski definition) is 0. The van der Waals surface area contributed by atoms with Gasteiger partial charge in [-0.15, -0.1) is 0 Å². The Morgan fingerprint density at radius 2 is 2.16 bits per heavy atom. The van der Waals surface area contributed by atoms with E-state index in [-0.39, 0.29) is 5.69 Å². The molecule has 0 amide bonds. The largest absolute Gasteiger partial charge is 0.489 e. The summed E-state index contributed by atoms with van der Waals surface area (Å²) in [5, 5.41) is 7.74. The van der Waals surface area contributed by atoms with Gasteiger partial charge >= 0.3 is 5.69 Å². The van der Waals surface area contributed by atoms with Crippen LogP contribution in [0.15, 0.2) is 41.4 Å². The van der Waals surface area contributed by atoms with Crippen LogP contribution in [0.2, 0.25) is 0 Å². The Bertz CT molecular complexity index is 1020. The molecule has 7 heteroatoms. The third-order valence-corrected chi connectivity index (χ3v) is 4.43. The molecule has 0 aliphatic heterocycles. The molecule has 1 aromatic carbocycles. The number of aryl methyl sites for hydroxylation is 2. The molecule has 25 heavy (non-hydrogen) atoms. The van der Waals surface area contributed by atoms with Gasteiger partial charge in [0.25, 0.3) is 0 Å². The van der Waals surface area contributed by atoms with Crippen molar-refractivity contribution >= 4 is 0 Å². The molecule has 0 radical (unpaired) electrons. The van der Waals surface area contributed by atoms with Gasteiger partial charge < -0.3 is 4.74 Å². The lowest BCUT2D eigenvalue weighted by Crippen LogP contribution is -2.23. The number of aromatic nitrogens is 5. The summed E-state index contributed by atoms with van der Waals surface area (Å²) >= 11 is 0. The lowest BCUT2D eigenvalue weighted by atomic mass is 10.1. The van der Waals surface area contributed by atoms with Gasteiger partial charge in [-0.05, 0) is 53.3 Å². The van der Waals surface area contributed by atoms with Gasteiger partial charge in [0.05, 0.1) is 13.3 Å². The van der Waals surface area contributed by atoms with Crippen molar-refractivity contribution in [2.75, 3.05) is 0 Å². The SMILES string of the molecule is [3H]c1ccc(OCc2c(C3CC3)cncc2-n2nnn(C)c2=O)c(C)c1. The molecule has 2 aromatic heterocycles. The Hall–Kier alpha value is -2.96. The maximum absolute atomic E-state index is 12.3. The van der Waals surface area contributed by atoms with Gasteiger partial charge in [-0.1, -0.05) is 18.2 Å². The molecule has 7 nitrogen and oxygen atoms in total. The van der Waals surface area contributed by atoms with Gasteiger partial charge in [0, 0.05) is 18.8 Å². The summed E-state index contributed by atoms with van der Waals surface area (Å²) in [6.45, 7) is 2.21. The molecule has 0 saturated heterocycles. The average molecular weight is 339 g/mol. The van der Waals surface area contributed by atoms with E-state index in [0.29, 0.717) is 24.3 Å². The Morgan fingerprint density at radius 1 is 1.32 bits per heavy atom. The maximum atomic E-state index is 12.3. The highest BCUT2D eigenvalue weighted by molar-refractivity contribution is 5.45. The topological polar surface area (TPSA) is 74.8 Å².